The van der Waals surface area contributed by atoms with E-state index in [9.17, 15) is 8.96 Å². The molecule has 0 bridgehead atoms. The molecule has 0 aromatic rings. The molecule has 9 heteroatoms. The highest BCUT2D eigenvalue weighted by Gasteiger charge is 2.27. The summed E-state index contributed by atoms with van der Waals surface area (Å²) in [6.45, 7) is 0. The van der Waals surface area contributed by atoms with Gasteiger partial charge in [-0.25, -0.2) is 13.5 Å². The maximum atomic E-state index is 12.4. The summed E-state index contributed by atoms with van der Waals surface area (Å²) >= 11 is 2.63. The number of rotatable bonds is 4. The van der Waals surface area contributed by atoms with E-state index < -0.39 is 19.2 Å². The Morgan fingerprint density at radius 1 is 1.58 bits per heavy atom. The standard InChI is InChI=1S/C3H7BrFO5P.ClH/c1-9-2(4)3(5)10-11(6,7)8;/h2-3H,1H3,(H2,6,7,8);1H. The fourth-order valence-corrected chi connectivity index (χ4v) is 0.934. The average molecular weight is 289 g/mol. The third-order valence-corrected chi connectivity index (χ3v) is 1.93. The largest absolute Gasteiger partial charge is 0.472 e. The van der Waals surface area contributed by atoms with Crippen molar-refractivity contribution in [2.24, 2.45) is 0 Å². The van der Waals surface area contributed by atoms with Crippen molar-refractivity contribution in [3.8, 4) is 0 Å². The van der Waals surface area contributed by atoms with Gasteiger partial charge in [0.05, 0.1) is 0 Å². The third kappa shape index (κ3) is 7.42. The van der Waals surface area contributed by atoms with Crippen LogP contribution >= 0.6 is 36.2 Å². The van der Waals surface area contributed by atoms with Crippen molar-refractivity contribution in [2.75, 3.05) is 7.11 Å². The molecular formula is C3H8BrClFO5P. The molecule has 0 fully saturated rings. The van der Waals surface area contributed by atoms with Crippen molar-refractivity contribution < 1.29 is 28.0 Å². The summed E-state index contributed by atoms with van der Waals surface area (Å²) in [5.41, 5.74) is 0. The lowest BCUT2D eigenvalue weighted by Gasteiger charge is -2.13. The van der Waals surface area contributed by atoms with Crippen LogP contribution in [0.4, 0.5) is 4.39 Å². The van der Waals surface area contributed by atoms with Crippen molar-refractivity contribution >= 4 is 36.2 Å². The first-order valence-corrected chi connectivity index (χ1v) is 4.86. The summed E-state index contributed by atoms with van der Waals surface area (Å²) in [4.78, 5) is 16.2. The van der Waals surface area contributed by atoms with Crippen LogP contribution in [-0.2, 0) is 13.8 Å². The topological polar surface area (TPSA) is 76.0 Å². The van der Waals surface area contributed by atoms with Gasteiger partial charge in [0.2, 0.25) is 6.36 Å². The molecule has 0 amide bonds. The zero-order valence-electron chi connectivity index (χ0n) is 5.89. The number of phosphoric acid groups is 1. The van der Waals surface area contributed by atoms with Gasteiger partial charge in [0.1, 0.15) is 0 Å². The van der Waals surface area contributed by atoms with E-state index in [1.165, 1.54) is 0 Å². The normalized spacial score (nSPS) is 16.4. The van der Waals surface area contributed by atoms with Crippen molar-refractivity contribution in [3.63, 3.8) is 0 Å². The van der Waals surface area contributed by atoms with Crippen molar-refractivity contribution in [1.82, 2.24) is 0 Å². The van der Waals surface area contributed by atoms with Crippen LogP contribution in [0.15, 0.2) is 0 Å². The summed E-state index contributed by atoms with van der Waals surface area (Å²) in [5, 5.41) is -1.19. The maximum absolute atomic E-state index is 12.4. The minimum Gasteiger partial charge on any atom is -0.365 e. The Labute approximate surface area is 83.0 Å². The van der Waals surface area contributed by atoms with E-state index in [1.54, 1.807) is 0 Å². The smallest absolute Gasteiger partial charge is 0.365 e. The molecule has 0 aliphatic heterocycles. The zero-order valence-corrected chi connectivity index (χ0v) is 9.18. The van der Waals surface area contributed by atoms with Gasteiger partial charge in [-0.05, 0) is 0 Å². The molecule has 0 saturated heterocycles. The van der Waals surface area contributed by atoms with Crippen LogP contribution in [0, 0.1) is 0 Å². The van der Waals surface area contributed by atoms with Gasteiger partial charge in [-0.15, -0.1) is 12.4 Å². The third-order valence-electron chi connectivity index (χ3n) is 0.669. The van der Waals surface area contributed by atoms with Gasteiger partial charge in [0, 0.05) is 7.11 Å². The molecule has 76 valence electrons. The van der Waals surface area contributed by atoms with E-state index in [1.807, 2.05) is 0 Å². The van der Waals surface area contributed by atoms with Gasteiger partial charge < -0.3 is 14.5 Å². The number of hydrogen-bond donors (Lipinski definition) is 2. The van der Waals surface area contributed by atoms with Crippen LogP contribution in [0.2, 0.25) is 0 Å². The monoisotopic (exact) mass is 288 g/mol. The van der Waals surface area contributed by atoms with Crippen molar-refractivity contribution in [1.29, 1.82) is 0 Å². The SMILES string of the molecule is COC(Br)C(F)OP(=O)(O)O.Cl. The average Bonchev–Trinajstić information content (AvgIpc) is 1.82. The number of phosphoric ester groups is 1. The summed E-state index contributed by atoms with van der Waals surface area (Å²) in [6, 6.07) is 0. The summed E-state index contributed by atoms with van der Waals surface area (Å²) in [7, 11) is -3.61. The van der Waals surface area contributed by atoms with E-state index in [0.717, 1.165) is 7.11 Å². The number of methoxy groups -OCH3 is 1. The van der Waals surface area contributed by atoms with E-state index in [-0.39, 0.29) is 12.4 Å². The molecule has 0 aromatic carbocycles. The lowest BCUT2D eigenvalue weighted by atomic mass is 10.7. The number of alkyl halides is 2. The highest BCUT2D eigenvalue weighted by atomic mass is 79.9. The molecule has 0 aliphatic carbocycles. The Balaban J connectivity index is 0. The maximum Gasteiger partial charge on any atom is 0.472 e. The Morgan fingerprint density at radius 2 is 2.00 bits per heavy atom. The Bertz CT molecular complexity index is 165. The van der Waals surface area contributed by atoms with E-state index in [2.05, 4.69) is 25.2 Å². The highest BCUT2D eigenvalue weighted by molar-refractivity contribution is 9.09. The summed E-state index contributed by atoms with van der Waals surface area (Å²) in [5.74, 6) is 0. The van der Waals surface area contributed by atoms with Gasteiger partial charge in [0.25, 0.3) is 0 Å². The second kappa shape index (κ2) is 6.26. The van der Waals surface area contributed by atoms with Crippen LogP contribution in [0.25, 0.3) is 0 Å². The zero-order chi connectivity index (χ0) is 9.07. The Morgan fingerprint density at radius 3 is 2.25 bits per heavy atom. The molecule has 12 heavy (non-hydrogen) atoms. The molecule has 0 radical (unpaired) electrons. The molecule has 2 unspecified atom stereocenters. The van der Waals surface area contributed by atoms with Crippen LogP contribution in [0.1, 0.15) is 0 Å². The number of halogens is 3. The Kier molecular flexibility index (Phi) is 7.95. The van der Waals surface area contributed by atoms with Crippen LogP contribution in [0.3, 0.4) is 0 Å². The van der Waals surface area contributed by atoms with Gasteiger partial charge in [0.15, 0.2) is 5.01 Å². The van der Waals surface area contributed by atoms with E-state index in [4.69, 9.17) is 9.79 Å². The second-order valence-electron chi connectivity index (χ2n) is 1.53. The van der Waals surface area contributed by atoms with Crippen LogP contribution in [0.5, 0.6) is 0 Å². The first-order chi connectivity index (χ1) is 4.87. The van der Waals surface area contributed by atoms with Crippen molar-refractivity contribution in [3.05, 3.63) is 0 Å². The molecule has 0 aliphatic rings. The van der Waals surface area contributed by atoms with Crippen LogP contribution in [-0.4, -0.2) is 28.3 Å². The number of hydrogen-bond acceptors (Lipinski definition) is 3. The van der Waals surface area contributed by atoms with E-state index >= 15 is 0 Å². The highest BCUT2D eigenvalue weighted by Crippen LogP contribution is 2.39. The van der Waals surface area contributed by atoms with Gasteiger partial charge in [-0.3, -0.25) is 0 Å². The first kappa shape index (κ1) is 15.3. The van der Waals surface area contributed by atoms with E-state index in [0.29, 0.717) is 0 Å². The van der Waals surface area contributed by atoms with Crippen LogP contribution < -0.4 is 0 Å². The molecule has 5 nitrogen and oxygen atoms in total. The lowest BCUT2D eigenvalue weighted by molar-refractivity contribution is -0.0355. The fraction of sp³-hybridized carbons (Fsp3) is 1.00. The summed E-state index contributed by atoms with van der Waals surface area (Å²) < 4.78 is 30.4. The first-order valence-electron chi connectivity index (χ1n) is 2.41. The van der Waals surface area contributed by atoms with Gasteiger partial charge >= 0.3 is 7.82 Å². The molecular weight excluding hydrogens is 281 g/mol. The van der Waals surface area contributed by atoms with Gasteiger partial charge in [-0.1, -0.05) is 15.9 Å². The molecule has 2 atom stereocenters. The Hall–Kier alpha value is 0.770. The molecule has 0 saturated carbocycles. The quantitative estimate of drug-likeness (QED) is 0.600. The minimum atomic E-state index is -4.77. The lowest BCUT2D eigenvalue weighted by Crippen LogP contribution is -2.19. The molecule has 0 rings (SSSR count). The predicted octanol–water partition coefficient (Wildman–Crippen LogP) is 1.18. The summed E-state index contributed by atoms with van der Waals surface area (Å²) in [6.07, 6.45) is -2.19. The number of ether oxygens (including phenoxy) is 1. The van der Waals surface area contributed by atoms with Crippen molar-refractivity contribution in [2.45, 2.75) is 11.4 Å². The predicted molar refractivity (Wildman–Crippen MR) is 45.0 cm³/mol. The molecule has 0 heterocycles. The minimum absolute atomic E-state index is 0. The molecule has 0 aromatic heterocycles. The molecule has 0 spiro atoms. The fourth-order valence-electron chi connectivity index (χ4n) is 0.286. The second-order valence-corrected chi connectivity index (χ2v) is 3.63. The molecule has 2 N–H and O–H groups in total. The van der Waals surface area contributed by atoms with Gasteiger partial charge in [-0.2, -0.15) is 0 Å².